The number of thioether (sulfide) groups is 1. The predicted octanol–water partition coefficient (Wildman–Crippen LogP) is 3.04. The number of nitrogens with two attached hydrogens (primary N) is 1. The number of benzene rings is 1. The first kappa shape index (κ1) is 20.5. The fourth-order valence-electron chi connectivity index (χ4n) is 2.50. The minimum absolute atomic E-state index is 0.0282. The minimum atomic E-state index is -4.63. The summed E-state index contributed by atoms with van der Waals surface area (Å²) in [5.74, 6) is -0.360. The molecule has 1 saturated carbocycles. The van der Waals surface area contributed by atoms with Gasteiger partial charge in [0, 0.05) is 11.6 Å². The van der Waals surface area contributed by atoms with E-state index in [4.69, 9.17) is 17.3 Å². The molecule has 0 unspecified atom stereocenters. The summed E-state index contributed by atoms with van der Waals surface area (Å²) >= 11 is 6.57. The van der Waals surface area contributed by atoms with Gasteiger partial charge >= 0.3 is 6.18 Å². The molecule has 2 aromatic rings. The standard InChI is InChI=1S/C16H15ClF3N5O2S/c17-11-4-3-9(5-10(11)16(18,19)20)22-13(27)7-28-15-24-23-14(8-1-2-8)25(15)6-12(21)26/h3-5,8H,1-2,6-7H2,(H2,21,26)(H,22,27). The lowest BCUT2D eigenvalue weighted by Crippen LogP contribution is -2.21. The number of hydrogen-bond donors (Lipinski definition) is 2. The van der Waals surface area contributed by atoms with Crippen LogP contribution in [0, 0.1) is 0 Å². The monoisotopic (exact) mass is 433 g/mol. The summed E-state index contributed by atoms with van der Waals surface area (Å²) in [4.78, 5) is 23.4. The molecule has 150 valence electrons. The summed E-state index contributed by atoms with van der Waals surface area (Å²) in [5, 5.41) is 10.3. The van der Waals surface area contributed by atoms with Crippen LogP contribution in [0.4, 0.5) is 18.9 Å². The summed E-state index contributed by atoms with van der Waals surface area (Å²) < 4.78 is 40.3. The Bertz CT molecular complexity index is 914. The molecule has 3 rings (SSSR count). The molecule has 0 aliphatic heterocycles. The lowest BCUT2D eigenvalue weighted by molar-refractivity contribution is -0.137. The van der Waals surface area contributed by atoms with Crippen molar-refractivity contribution >= 4 is 40.9 Å². The molecular weight excluding hydrogens is 419 g/mol. The fourth-order valence-corrected chi connectivity index (χ4v) is 3.47. The van der Waals surface area contributed by atoms with Crippen LogP contribution < -0.4 is 11.1 Å². The van der Waals surface area contributed by atoms with E-state index >= 15 is 0 Å². The zero-order valence-corrected chi connectivity index (χ0v) is 15.9. The topological polar surface area (TPSA) is 103 Å². The lowest BCUT2D eigenvalue weighted by Gasteiger charge is -2.12. The van der Waals surface area contributed by atoms with Gasteiger partial charge in [0.2, 0.25) is 11.8 Å². The van der Waals surface area contributed by atoms with Gasteiger partial charge in [0.25, 0.3) is 0 Å². The Hall–Kier alpha value is -2.27. The van der Waals surface area contributed by atoms with Crippen molar-refractivity contribution in [1.82, 2.24) is 14.8 Å². The quantitative estimate of drug-likeness (QED) is 0.653. The van der Waals surface area contributed by atoms with E-state index in [-0.39, 0.29) is 23.9 Å². The van der Waals surface area contributed by atoms with E-state index in [2.05, 4.69) is 15.5 Å². The van der Waals surface area contributed by atoms with Crippen LogP contribution in [0.1, 0.15) is 30.1 Å². The summed E-state index contributed by atoms with van der Waals surface area (Å²) in [6.45, 7) is -0.102. The first-order chi connectivity index (χ1) is 13.1. The molecule has 0 saturated heterocycles. The van der Waals surface area contributed by atoms with E-state index in [1.54, 1.807) is 4.57 Å². The number of nitrogens with one attached hydrogen (secondary N) is 1. The number of halogens is 4. The van der Waals surface area contributed by atoms with Gasteiger partial charge in [-0.25, -0.2) is 0 Å². The maximum absolute atomic E-state index is 12.9. The third-order valence-corrected chi connectivity index (χ3v) is 5.19. The number of carbonyl (C=O) groups is 2. The molecule has 0 spiro atoms. The number of rotatable bonds is 7. The highest BCUT2D eigenvalue weighted by Gasteiger charge is 2.33. The second-order valence-electron chi connectivity index (χ2n) is 6.20. The van der Waals surface area contributed by atoms with Crippen molar-refractivity contribution < 1.29 is 22.8 Å². The maximum atomic E-state index is 12.9. The largest absolute Gasteiger partial charge is 0.417 e. The molecule has 1 heterocycles. The van der Waals surface area contributed by atoms with Crippen molar-refractivity contribution in [2.75, 3.05) is 11.1 Å². The number of aromatic nitrogens is 3. The van der Waals surface area contributed by atoms with Gasteiger partial charge in [0.05, 0.1) is 16.3 Å². The highest BCUT2D eigenvalue weighted by atomic mass is 35.5. The van der Waals surface area contributed by atoms with Crippen LogP contribution in [-0.2, 0) is 22.3 Å². The highest BCUT2D eigenvalue weighted by molar-refractivity contribution is 7.99. The Kier molecular flexibility index (Phi) is 5.84. The van der Waals surface area contributed by atoms with E-state index < -0.39 is 28.6 Å². The molecule has 0 bridgehead atoms. The molecule has 1 aliphatic carbocycles. The van der Waals surface area contributed by atoms with E-state index in [0.717, 1.165) is 36.7 Å². The van der Waals surface area contributed by atoms with Gasteiger partial charge in [0.15, 0.2) is 5.16 Å². The number of nitrogens with zero attached hydrogens (tertiary/aromatic N) is 3. The fraction of sp³-hybridized carbons (Fsp3) is 0.375. The molecule has 7 nitrogen and oxygen atoms in total. The molecule has 0 radical (unpaired) electrons. The van der Waals surface area contributed by atoms with Crippen molar-refractivity contribution in [1.29, 1.82) is 0 Å². The number of amides is 2. The Morgan fingerprint density at radius 1 is 1.32 bits per heavy atom. The molecule has 2 amide bonds. The van der Waals surface area contributed by atoms with Crippen molar-refractivity contribution in [2.45, 2.75) is 36.6 Å². The van der Waals surface area contributed by atoms with Crippen molar-refractivity contribution in [3.63, 3.8) is 0 Å². The molecule has 1 aromatic carbocycles. The van der Waals surface area contributed by atoms with Gasteiger partial charge in [-0.3, -0.25) is 14.2 Å². The van der Waals surface area contributed by atoms with Crippen LogP contribution >= 0.6 is 23.4 Å². The molecule has 1 aromatic heterocycles. The molecular formula is C16H15ClF3N5O2S. The average Bonchev–Trinajstić information content (AvgIpc) is 3.36. The zero-order valence-electron chi connectivity index (χ0n) is 14.3. The SMILES string of the molecule is NC(=O)Cn1c(SCC(=O)Nc2ccc(Cl)c(C(F)(F)F)c2)nnc1C1CC1. The minimum Gasteiger partial charge on any atom is -0.368 e. The third kappa shape index (κ3) is 4.96. The molecule has 3 N–H and O–H groups in total. The highest BCUT2D eigenvalue weighted by Crippen LogP contribution is 2.40. The van der Waals surface area contributed by atoms with Crippen LogP contribution in [0.3, 0.4) is 0 Å². The van der Waals surface area contributed by atoms with Crippen molar-refractivity contribution in [2.24, 2.45) is 5.73 Å². The van der Waals surface area contributed by atoms with Crippen LogP contribution in [0.15, 0.2) is 23.4 Å². The predicted molar refractivity (Wildman–Crippen MR) is 97.0 cm³/mol. The van der Waals surface area contributed by atoms with Gasteiger partial charge in [-0.05, 0) is 31.0 Å². The zero-order chi connectivity index (χ0) is 20.5. The Morgan fingerprint density at radius 3 is 2.64 bits per heavy atom. The Balaban J connectivity index is 1.66. The van der Waals surface area contributed by atoms with E-state index in [1.165, 1.54) is 6.07 Å². The Morgan fingerprint density at radius 2 is 2.04 bits per heavy atom. The van der Waals surface area contributed by atoms with Gasteiger partial charge in [-0.2, -0.15) is 13.2 Å². The van der Waals surface area contributed by atoms with E-state index in [1.807, 2.05) is 0 Å². The first-order valence-corrected chi connectivity index (χ1v) is 9.52. The lowest BCUT2D eigenvalue weighted by atomic mass is 10.2. The summed E-state index contributed by atoms with van der Waals surface area (Å²) in [5.41, 5.74) is 4.19. The van der Waals surface area contributed by atoms with Crippen LogP contribution in [0.25, 0.3) is 0 Å². The average molecular weight is 434 g/mol. The number of anilines is 1. The van der Waals surface area contributed by atoms with Crippen LogP contribution in [-0.4, -0.2) is 32.3 Å². The van der Waals surface area contributed by atoms with E-state index in [0.29, 0.717) is 11.0 Å². The molecule has 28 heavy (non-hydrogen) atoms. The number of primary amides is 1. The van der Waals surface area contributed by atoms with Crippen LogP contribution in [0.2, 0.25) is 5.02 Å². The second kappa shape index (κ2) is 8.00. The molecule has 1 fully saturated rings. The molecule has 0 atom stereocenters. The van der Waals surface area contributed by atoms with Gasteiger partial charge in [-0.1, -0.05) is 23.4 Å². The maximum Gasteiger partial charge on any atom is 0.417 e. The van der Waals surface area contributed by atoms with Crippen molar-refractivity contribution in [3.05, 3.63) is 34.6 Å². The third-order valence-electron chi connectivity index (χ3n) is 3.89. The summed E-state index contributed by atoms with van der Waals surface area (Å²) in [6.07, 6.45) is -2.74. The van der Waals surface area contributed by atoms with Gasteiger partial charge in [-0.15, -0.1) is 10.2 Å². The molecule has 12 heteroatoms. The number of hydrogen-bond acceptors (Lipinski definition) is 5. The van der Waals surface area contributed by atoms with E-state index in [9.17, 15) is 22.8 Å². The number of alkyl halides is 3. The second-order valence-corrected chi connectivity index (χ2v) is 7.55. The molecule has 1 aliphatic rings. The van der Waals surface area contributed by atoms with Gasteiger partial charge in [0.1, 0.15) is 12.4 Å². The number of carbonyl (C=O) groups excluding carboxylic acids is 2. The normalized spacial score (nSPS) is 14.1. The van der Waals surface area contributed by atoms with Gasteiger partial charge < -0.3 is 11.1 Å². The van der Waals surface area contributed by atoms with Crippen molar-refractivity contribution in [3.8, 4) is 0 Å². The first-order valence-electron chi connectivity index (χ1n) is 8.16. The van der Waals surface area contributed by atoms with Crippen LogP contribution in [0.5, 0.6) is 0 Å². The smallest absolute Gasteiger partial charge is 0.368 e. The summed E-state index contributed by atoms with van der Waals surface area (Å²) in [7, 11) is 0. The Labute approximate surface area is 166 Å². The summed E-state index contributed by atoms with van der Waals surface area (Å²) in [6, 6.07) is 3.12.